The van der Waals surface area contributed by atoms with E-state index in [1.54, 1.807) is 39.8 Å². The molecule has 28 heteroatoms. The zero-order valence-electron chi connectivity index (χ0n) is 54.3. The summed E-state index contributed by atoms with van der Waals surface area (Å²) in [5.74, 6) is -4.35. The Kier molecular flexibility index (Phi) is 21.3. The molecule has 0 radical (unpaired) electrons. The Labute approximate surface area is 534 Å². The Morgan fingerprint density at radius 2 is 1.10 bits per heavy atom. The molecular formula is C64H100O28. The van der Waals surface area contributed by atoms with Gasteiger partial charge in [0.15, 0.2) is 37.4 Å². The van der Waals surface area contributed by atoms with Crippen molar-refractivity contribution in [3.8, 4) is 0 Å². The van der Waals surface area contributed by atoms with E-state index in [4.69, 9.17) is 47.4 Å². The third-order valence-corrected chi connectivity index (χ3v) is 23.8. The fraction of sp³-hybridized carbons (Fsp3) is 0.859. The van der Waals surface area contributed by atoms with Crippen LogP contribution in [0.5, 0.6) is 0 Å². The maximum atomic E-state index is 13.9. The van der Waals surface area contributed by atoms with Gasteiger partial charge in [-0.3, -0.25) is 0 Å². The third kappa shape index (κ3) is 11.8. The number of fused-ring (bicyclic) bond motifs is 7. The summed E-state index contributed by atoms with van der Waals surface area (Å²) in [7, 11) is 0. The van der Waals surface area contributed by atoms with Crippen molar-refractivity contribution in [3.63, 3.8) is 0 Å². The van der Waals surface area contributed by atoms with Crippen LogP contribution in [0.2, 0.25) is 0 Å². The summed E-state index contributed by atoms with van der Waals surface area (Å²) in [6.45, 7) is 19.2. The fourth-order valence-electron chi connectivity index (χ4n) is 17.8. The molecule has 4 heterocycles. The first kappa shape index (κ1) is 73.0. The van der Waals surface area contributed by atoms with Crippen LogP contribution < -0.4 is 0 Å². The number of carboxylic acids is 1. The minimum absolute atomic E-state index is 0.220. The Bertz CT molecular complexity index is 2760. The molecule has 0 bridgehead atoms. The van der Waals surface area contributed by atoms with E-state index >= 15 is 0 Å². The topological polar surface area (TPSA) is 447 Å². The van der Waals surface area contributed by atoms with Crippen LogP contribution in [0.25, 0.3) is 0 Å². The molecule has 5 aliphatic carbocycles. The van der Waals surface area contributed by atoms with Crippen LogP contribution in [0.15, 0.2) is 34.9 Å². The summed E-state index contributed by atoms with van der Waals surface area (Å²) in [6, 6.07) is 0. The Hall–Kier alpha value is -3.25. The smallest absolute Gasteiger partial charge is 0.335 e. The number of aliphatic carboxylic acids is 1. The number of esters is 2. The first-order valence-electron chi connectivity index (χ1n) is 32.1. The van der Waals surface area contributed by atoms with Gasteiger partial charge >= 0.3 is 17.9 Å². The summed E-state index contributed by atoms with van der Waals surface area (Å²) in [5.41, 5.74) is -4.87. The third-order valence-electron chi connectivity index (χ3n) is 23.8. The molecule has 28 nitrogen and oxygen atoms in total. The second-order valence-electron chi connectivity index (χ2n) is 29.3. The number of hydrogen-bond donors (Lipinski definition) is 15. The van der Waals surface area contributed by atoms with Gasteiger partial charge in [0, 0.05) is 22.0 Å². The molecule has 4 saturated carbocycles. The van der Waals surface area contributed by atoms with E-state index in [1.807, 2.05) is 34.6 Å². The van der Waals surface area contributed by atoms with Crippen LogP contribution in [0, 0.1) is 50.2 Å². The molecule has 0 aromatic heterocycles. The van der Waals surface area contributed by atoms with Crippen LogP contribution >= 0.6 is 0 Å². The summed E-state index contributed by atoms with van der Waals surface area (Å²) >= 11 is 0. The molecule has 0 unspecified atom stereocenters. The molecule has 0 aromatic carbocycles. The average molecular weight is 1320 g/mol. The van der Waals surface area contributed by atoms with Crippen molar-refractivity contribution in [2.24, 2.45) is 50.2 Å². The summed E-state index contributed by atoms with van der Waals surface area (Å²) < 4.78 is 61.7. The maximum Gasteiger partial charge on any atom is 0.335 e. The first-order chi connectivity index (χ1) is 42.9. The van der Waals surface area contributed by atoms with Crippen LogP contribution in [0.4, 0.5) is 0 Å². The molecule has 15 N–H and O–H groups in total. The standard InChI is InChI=1S/C64H100O28/c1-13-25(3)53(81)91-50-51(92-54(82)26(4)14-2)64(24-67)29(21-59(50,6)7)28-15-16-33-61(10)19-18-34(60(8,9)32(61)17-20-62(33,11)63(28,12)48(77)49(64)78)86-58-47(90-56-42(75)39(72)36(69)30(22-65)84-56)44(43(76)45(88-58)52(79)80)87-57-46(40(73)37(70)31(23-66)85-57)89-55-41(74)38(71)35(68)27(5)83-55/h13-15,27,29-51,55-58,65-78H,16-24H2,1-12H3,(H,79,80)/b25-13+,26-14-/t27-,29-,30+,31+,32-,33+,34-,35-,36+,37-,38+,39-,40-,41+,42+,43-,44-,45-,46+,47+,48-,49+,50-,51-,55-,56-,57-,58+,61-,62+,63-,64-/m0/s1. The number of aliphatic hydroxyl groups is 14. The van der Waals surface area contributed by atoms with E-state index in [-0.39, 0.29) is 35.8 Å². The minimum Gasteiger partial charge on any atom is -0.479 e. The number of rotatable bonds is 16. The number of allylic oxidation sites excluding steroid dienone is 3. The molecule has 0 aromatic rings. The molecular weight excluding hydrogens is 1220 g/mol. The molecule has 32 atom stereocenters. The zero-order valence-corrected chi connectivity index (χ0v) is 54.3. The number of hydrogen-bond acceptors (Lipinski definition) is 27. The van der Waals surface area contributed by atoms with Gasteiger partial charge < -0.3 is 124 Å². The second-order valence-corrected chi connectivity index (χ2v) is 29.3. The van der Waals surface area contributed by atoms with Crippen molar-refractivity contribution in [2.45, 2.75) is 275 Å². The number of aliphatic hydroxyl groups excluding tert-OH is 14. The highest BCUT2D eigenvalue weighted by Crippen LogP contribution is 2.76. The molecule has 0 spiro atoms. The van der Waals surface area contributed by atoms with Gasteiger partial charge in [-0.05, 0) is 107 Å². The van der Waals surface area contributed by atoms with Crippen molar-refractivity contribution >= 4 is 17.9 Å². The van der Waals surface area contributed by atoms with E-state index < -0.39 is 229 Å². The predicted molar refractivity (Wildman–Crippen MR) is 314 cm³/mol. The lowest BCUT2D eigenvalue weighted by Gasteiger charge is -2.73. The molecule has 4 aliphatic heterocycles. The average Bonchev–Trinajstić information content (AvgIpc) is 0.663. The van der Waals surface area contributed by atoms with Gasteiger partial charge in [0.25, 0.3) is 0 Å². The fourth-order valence-corrected chi connectivity index (χ4v) is 17.8. The predicted octanol–water partition coefficient (Wildman–Crippen LogP) is -1.52. The highest BCUT2D eigenvalue weighted by Gasteiger charge is 2.77. The Morgan fingerprint density at radius 1 is 0.576 bits per heavy atom. The maximum absolute atomic E-state index is 13.9. The molecule has 4 saturated heterocycles. The van der Waals surface area contributed by atoms with Gasteiger partial charge in [-0.15, -0.1) is 0 Å². The highest BCUT2D eigenvalue weighted by atomic mass is 16.8. The van der Waals surface area contributed by atoms with E-state index in [2.05, 4.69) is 19.9 Å². The Balaban J connectivity index is 1.07. The van der Waals surface area contributed by atoms with Crippen LogP contribution in [0.1, 0.15) is 122 Å². The first-order valence-corrected chi connectivity index (χ1v) is 32.1. The molecule has 9 aliphatic rings. The van der Waals surface area contributed by atoms with E-state index in [1.165, 1.54) is 6.92 Å². The van der Waals surface area contributed by atoms with Crippen molar-refractivity contribution in [2.75, 3.05) is 19.8 Å². The number of carbonyl (C=O) groups is 3. The number of carbonyl (C=O) groups excluding carboxylic acids is 2. The van der Waals surface area contributed by atoms with Crippen LogP contribution in [-0.4, -0.2) is 268 Å². The normalized spacial score (nSPS) is 50.2. The van der Waals surface area contributed by atoms with Gasteiger partial charge in [0.2, 0.25) is 0 Å². The molecule has 9 rings (SSSR count). The minimum atomic E-state index is -2.31. The largest absolute Gasteiger partial charge is 0.479 e. The lowest BCUT2D eigenvalue weighted by atomic mass is 9.32. The van der Waals surface area contributed by atoms with Crippen molar-refractivity contribution in [3.05, 3.63) is 34.9 Å². The lowest BCUT2D eigenvalue weighted by molar-refractivity contribution is -0.406. The SMILES string of the molecule is C/C=C(/C)C(=O)O[C@H]1[C@H](OC(=O)/C(C)=C/C)C(C)(C)C[C@H]2C3=CC[C@@H]4[C@@]5(C)CC[C@H](O[C@@H]6O[C@H](C(=O)O)[C@@H](O)[C@H](O[C@@H]7O[C@H](CO)[C@H](O)[C@H](O)[C@H]7O[C@@H]7O[C@@H](C)[C@H](O)[C@@H](O)[C@H]7O)[C@H]6O[C@@H]6O[C@H](CO)[C@@H](O)[C@H](O)[C@H]6O)C(C)(C)[C@@H]5CC[C@@]4(C)[C@]3(C)[C@@H](O)[C@@H](O)[C@]21CO. The van der Waals surface area contributed by atoms with Crippen molar-refractivity contribution < 1.29 is 138 Å². The summed E-state index contributed by atoms with van der Waals surface area (Å²) in [4.78, 5) is 40.9. The molecule has 0 amide bonds. The van der Waals surface area contributed by atoms with Crippen molar-refractivity contribution in [1.29, 1.82) is 0 Å². The van der Waals surface area contributed by atoms with Crippen LogP contribution in [0.3, 0.4) is 0 Å². The lowest BCUT2D eigenvalue weighted by Crippen LogP contribution is -2.76. The summed E-state index contributed by atoms with van der Waals surface area (Å²) in [5, 5.41) is 170. The summed E-state index contributed by atoms with van der Waals surface area (Å²) in [6.07, 6.45) is -37.8. The zero-order chi connectivity index (χ0) is 68.2. The van der Waals surface area contributed by atoms with Gasteiger partial charge in [0.05, 0.1) is 49.7 Å². The molecule has 8 fully saturated rings. The van der Waals surface area contributed by atoms with E-state index in [0.29, 0.717) is 25.7 Å². The van der Waals surface area contributed by atoms with E-state index in [0.717, 1.165) is 5.57 Å². The van der Waals surface area contributed by atoms with E-state index in [9.17, 15) is 91.0 Å². The van der Waals surface area contributed by atoms with Gasteiger partial charge in [-0.25, -0.2) is 14.4 Å². The second kappa shape index (κ2) is 26.9. The Morgan fingerprint density at radius 3 is 1.66 bits per heavy atom. The number of ether oxygens (including phenoxy) is 10. The highest BCUT2D eigenvalue weighted by molar-refractivity contribution is 5.89. The van der Waals surface area contributed by atoms with Crippen molar-refractivity contribution in [1.82, 2.24) is 0 Å². The van der Waals surface area contributed by atoms with Gasteiger partial charge in [-0.2, -0.15) is 0 Å². The molecule has 92 heavy (non-hydrogen) atoms. The number of carboxylic acid groups (broad SMARTS) is 1. The van der Waals surface area contributed by atoms with Gasteiger partial charge in [0.1, 0.15) is 91.6 Å². The van der Waals surface area contributed by atoms with Crippen LogP contribution in [-0.2, 0) is 61.8 Å². The monoisotopic (exact) mass is 1320 g/mol. The molecule has 524 valence electrons. The quantitative estimate of drug-likeness (QED) is 0.0361. The van der Waals surface area contributed by atoms with Gasteiger partial charge in [-0.1, -0.05) is 72.3 Å².